The second-order valence-electron chi connectivity index (χ2n) is 4.37. The number of ether oxygens (including phenoxy) is 1. The second-order valence-corrected chi connectivity index (χ2v) is 4.37. The monoisotopic (exact) mass is 314 g/mol. The highest BCUT2D eigenvalue weighted by Crippen LogP contribution is 2.28. The lowest BCUT2D eigenvalue weighted by atomic mass is 10.3. The van der Waals surface area contributed by atoms with E-state index in [9.17, 15) is 18.0 Å². The molecule has 0 spiro atoms. The van der Waals surface area contributed by atoms with Crippen molar-refractivity contribution in [2.24, 2.45) is 7.05 Å². The third-order valence-corrected chi connectivity index (χ3v) is 2.89. The first-order valence-corrected chi connectivity index (χ1v) is 6.20. The number of methoxy groups -OCH3 is 1. The second kappa shape index (κ2) is 6.04. The minimum atomic E-state index is -4.60. The molecular formula is C13H13F3N4O2. The first kappa shape index (κ1) is 15.8. The van der Waals surface area contributed by atoms with Crippen molar-refractivity contribution in [3.05, 3.63) is 41.5 Å². The normalized spacial score (nSPS) is 11.3. The van der Waals surface area contributed by atoms with Gasteiger partial charge in [0.2, 0.25) is 0 Å². The predicted octanol–water partition coefficient (Wildman–Crippen LogP) is 1.77. The Morgan fingerprint density at radius 2 is 2.18 bits per heavy atom. The van der Waals surface area contributed by atoms with Crippen LogP contribution in [0.15, 0.2) is 24.4 Å². The van der Waals surface area contributed by atoms with E-state index in [1.54, 1.807) is 12.1 Å². The first-order chi connectivity index (χ1) is 10.3. The van der Waals surface area contributed by atoms with Crippen LogP contribution in [0.4, 0.5) is 13.2 Å². The zero-order chi connectivity index (χ0) is 16.3. The predicted molar refractivity (Wildman–Crippen MR) is 70.2 cm³/mol. The third kappa shape index (κ3) is 3.35. The summed E-state index contributed by atoms with van der Waals surface area (Å²) in [7, 11) is 2.73. The Bertz CT molecular complexity index is 682. The standard InChI is InChI=1S/C13H13F3N4O2/c1-20-9(6-11(19-20)13(14,15)16)12(21)18-7-8-10(22-2)4-3-5-17-8/h3-6H,7H2,1-2H3,(H,18,21). The Balaban J connectivity index is 2.11. The lowest BCUT2D eigenvalue weighted by Gasteiger charge is -2.08. The molecule has 0 atom stereocenters. The smallest absolute Gasteiger partial charge is 0.435 e. The van der Waals surface area contributed by atoms with Crippen molar-refractivity contribution in [2.75, 3.05) is 7.11 Å². The van der Waals surface area contributed by atoms with Gasteiger partial charge in [0.25, 0.3) is 5.91 Å². The van der Waals surface area contributed by atoms with Gasteiger partial charge in [0.05, 0.1) is 13.7 Å². The van der Waals surface area contributed by atoms with Gasteiger partial charge in [-0.1, -0.05) is 0 Å². The molecule has 1 amide bonds. The molecule has 0 saturated carbocycles. The fourth-order valence-corrected chi connectivity index (χ4v) is 1.81. The average molecular weight is 314 g/mol. The van der Waals surface area contributed by atoms with E-state index in [-0.39, 0.29) is 12.2 Å². The molecule has 2 heterocycles. The highest BCUT2D eigenvalue weighted by atomic mass is 19.4. The summed E-state index contributed by atoms with van der Waals surface area (Å²) in [6, 6.07) is 4.03. The number of aryl methyl sites for hydroxylation is 1. The van der Waals surface area contributed by atoms with Crippen molar-refractivity contribution in [1.82, 2.24) is 20.1 Å². The third-order valence-electron chi connectivity index (χ3n) is 2.89. The molecule has 0 unspecified atom stereocenters. The van der Waals surface area contributed by atoms with Gasteiger partial charge in [-0.25, -0.2) is 0 Å². The Morgan fingerprint density at radius 3 is 2.77 bits per heavy atom. The molecule has 118 valence electrons. The van der Waals surface area contributed by atoms with Crippen molar-refractivity contribution in [3.63, 3.8) is 0 Å². The van der Waals surface area contributed by atoms with E-state index in [0.717, 1.165) is 4.68 Å². The van der Waals surface area contributed by atoms with E-state index < -0.39 is 17.8 Å². The minimum absolute atomic E-state index is 0.0232. The van der Waals surface area contributed by atoms with E-state index >= 15 is 0 Å². The maximum absolute atomic E-state index is 12.6. The van der Waals surface area contributed by atoms with Gasteiger partial charge in [0.15, 0.2) is 5.69 Å². The molecule has 0 aliphatic carbocycles. The summed E-state index contributed by atoms with van der Waals surface area (Å²) in [5.74, 6) is -0.206. The van der Waals surface area contributed by atoms with Crippen LogP contribution in [-0.2, 0) is 19.8 Å². The molecule has 0 radical (unpaired) electrons. The lowest BCUT2D eigenvalue weighted by molar-refractivity contribution is -0.141. The highest BCUT2D eigenvalue weighted by molar-refractivity contribution is 5.92. The van der Waals surface area contributed by atoms with Crippen LogP contribution < -0.4 is 10.1 Å². The summed E-state index contributed by atoms with van der Waals surface area (Å²) >= 11 is 0. The molecular weight excluding hydrogens is 301 g/mol. The lowest BCUT2D eigenvalue weighted by Crippen LogP contribution is -2.25. The quantitative estimate of drug-likeness (QED) is 0.934. The van der Waals surface area contributed by atoms with E-state index in [4.69, 9.17) is 4.74 Å². The summed E-state index contributed by atoms with van der Waals surface area (Å²) < 4.78 is 43.6. The topological polar surface area (TPSA) is 69.0 Å². The van der Waals surface area contributed by atoms with Crippen molar-refractivity contribution < 1.29 is 22.7 Å². The van der Waals surface area contributed by atoms with E-state index in [2.05, 4.69) is 15.4 Å². The number of amides is 1. The number of nitrogens with zero attached hydrogens (tertiary/aromatic N) is 3. The molecule has 0 bridgehead atoms. The number of halogens is 3. The molecule has 2 rings (SSSR count). The Labute approximate surface area is 123 Å². The molecule has 6 nitrogen and oxygen atoms in total. The molecule has 1 N–H and O–H groups in total. The highest BCUT2D eigenvalue weighted by Gasteiger charge is 2.35. The number of carbonyl (C=O) groups is 1. The Kier molecular flexibility index (Phi) is 4.34. The van der Waals surface area contributed by atoms with Gasteiger partial charge in [-0.3, -0.25) is 14.5 Å². The number of hydrogen-bond acceptors (Lipinski definition) is 4. The van der Waals surface area contributed by atoms with Crippen LogP contribution in [0.1, 0.15) is 21.9 Å². The van der Waals surface area contributed by atoms with Crippen LogP contribution in [-0.4, -0.2) is 27.8 Å². The van der Waals surface area contributed by atoms with Gasteiger partial charge >= 0.3 is 6.18 Å². The summed E-state index contributed by atoms with van der Waals surface area (Å²) in [5.41, 5.74) is -0.839. The number of alkyl halides is 3. The maximum atomic E-state index is 12.6. The SMILES string of the molecule is COc1cccnc1CNC(=O)c1cc(C(F)(F)F)nn1C. The van der Waals surface area contributed by atoms with Crippen LogP contribution in [0.25, 0.3) is 0 Å². The number of hydrogen-bond donors (Lipinski definition) is 1. The van der Waals surface area contributed by atoms with Crippen molar-refractivity contribution >= 4 is 5.91 Å². The fraction of sp³-hybridized carbons (Fsp3) is 0.308. The number of aromatic nitrogens is 3. The van der Waals surface area contributed by atoms with Crippen LogP contribution >= 0.6 is 0 Å². The van der Waals surface area contributed by atoms with E-state index in [0.29, 0.717) is 17.5 Å². The van der Waals surface area contributed by atoms with Crippen molar-refractivity contribution in [3.8, 4) is 5.75 Å². The summed E-state index contributed by atoms with van der Waals surface area (Å²) in [5, 5.41) is 5.77. The molecule has 22 heavy (non-hydrogen) atoms. The first-order valence-electron chi connectivity index (χ1n) is 6.20. The van der Waals surface area contributed by atoms with Gasteiger partial charge in [0.1, 0.15) is 17.1 Å². The molecule has 0 aliphatic rings. The molecule has 0 aliphatic heterocycles. The number of carbonyl (C=O) groups excluding carboxylic acids is 1. The van der Waals surface area contributed by atoms with Gasteiger partial charge in [0, 0.05) is 19.3 Å². The van der Waals surface area contributed by atoms with Gasteiger partial charge in [-0.2, -0.15) is 18.3 Å². The zero-order valence-corrected chi connectivity index (χ0v) is 11.8. The zero-order valence-electron chi connectivity index (χ0n) is 11.8. The Hall–Kier alpha value is -2.58. The van der Waals surface area contributed by atoms with Gasteiger partial charge < -0.3 is 10.1 Å². The summed E-state index contributed by atoms with van der Waals surface area (Å²) in [4.78, 5) is 16.0. The molecule has 0 fully saturated rings. The number of nitrogens with one attached hydrogen (secondary N) is 1. The van der Waals surface area contributed by atoms with Crippen LogP contribution in [0.3, 0.4) is 0 Å². The van der Waals surface area contributed by atoms with E-state index in [1.165, 1.54) is 20.4 Å². The summed E-state index contributed by atoms with van der Waals surface area (Å²) in [6.45, 7) is 0.0232. The Morgan fingerprint density at radius 1 is 1.45 bits per heavy atom. The molecule has 0 saturated heterocycles. The van der Waals surface area contributed by atoms with Crippen LogP contribution in [0.5, 0.6) is 5.75 Å². The average Bonchev–Trinajstić information content (AvgIpc) is 2.87. The molecule has 9 heteroatoms. The minimum Gasteiger partial charge on any atom is -0.495 e. The number of pyridine rings is 1. The fourth-order valence-electron chi connectivity index (χ4n) is 1.81. The molecule has 2 aromatic heterocycles. The maximum Gasteiger partial charge on any atom is 0.435 e. The molecule has 0 aromatic carbocycles. The van der Waals surface area contributed by atoms with Crippen LogP contribution in [0.2, 0.25) is 0 Å². The number of rotatable bonds is 4. The van der Waals surface area contributed by atoms with Crippen molar-refractivity contribution in [2.45, 2.75) is 12.7 Å². The van der Waals surface area contributed by atoms with E-state index in [1.807, 2.05) is 0 Å². The largest absolute Gasteiger partial charge is 0.495 e. The van der Waals surface area contributed by atoms with Gasteiger partial charge in [-0.15, -0.1) is 0 Å². The van der Waals surface area contributed by atoms with Gasteiger partial charge in [-0.05, 0) is 12.1 Å². The summed E-state index contributed by atoms with van der Waals surface area (Å²) in [6.07, 6.45) is -3.07. The molecule has 2 aromatic rings. The van der Waals surface area contributed by atoms with Crippen LogP contribution in [0, 0.1) is 0 Å². The van der Waals surface area contributed by atoms with Crippen molar-refractivity contribution in [1.29, 1.82) is 0 Å².